The maximum Gasteiger partial charge on any atom is 0.173 e. The number of benzene rings is 1. The Hall–Kier alpha value is -1.08. The highest BCUT2D eigenvalue weighted by Crippen LogP contribution is 2.31. The lowest BCUT2D eigenvalue weighted by Gasteiger charge is -2.07. The fourth-order valence-corrected chi connectivity index (χ4v) is 2.26. The van der Waals surface area contributed by atoms with Crippen LogP contribution in [0, 0.1) is 11.6 Å². The summed E-state index contributed by atoms with van der Waals surface area (Å²) >= 11 is 6.28. The SMILES string of the molecule is CNc1nc(-c2ccc(F)c(F)c2Br)ncc1Br. The quantitative estimate of drug-likeness (QED) is 0.803. The second-order valence-corrected chi connectivity index (χ2v) is 5.01. The Morgan fingerprint density at radius 3 is 2.61 bits per heavy atom. The topological polar surface area (TPSA) is 37.8 Å². The van der Waals surface area contributed by atoms with E-state index in [4.69, 9.17) is 0 Å². The Balaban J connectivity index is 2.59. The van der Waals surface area contributed by atoms with Crippen molar-refractivity contribution < 1.29 is 8.78 Å². The number of halogens is 4. The van der Waals surface area contributed by atoms with Gasteiger partial charge in [-0.1, -0.05) is 0 Å². The Bertz CT molecular complexity index is 605. The molecule has 1 aromatic heterocycles. The molecule has 1 heterocycles. The number of nitrogens with one attached hydrogen (secondary N) is 1. The Kier molecular flexibility index (Phi) is 3.91. The Morgan fingerprint density at radius 1 is 1.22 bits per heavy atom. The predicted octanol–water partition coefficient (Wildman–Crippen LogP) is 3.99. The molecule has 0 saturated heterocycles. The number of rotatable bonds is 2. The molecule has 0 atom stereocenters. The molecule has 18 heavy (non-hydrogen) atoms. The zero-order chi connectivity index (χ0) is 13.3. The van der Waals surface area contributed by atoms with E-state index in [1.54, 1.807) is 13.2 Å². The van der Waals surface area contributed by atoms with Crippen molar-refractivity contribution in [2.75, 3.05) is 12.4 Å². The van der Waals surface area contributed by atoms with Crippen LogP contribution < -0.4 is 5.32 Å². The monoisotopic (exact) mass is 377 g/mol. The molecule has 0 saturated carbocycles. The van der Waals surface area contributed by atoms with Gasteiger partial charge in [-0.2, -0.15) is 0 Å². The van der Waals surface area contributed by atoms with Crippen molar-refractivity contribution >= 4 is 37.7 Å². The van der Waals surface area contributed by atoms with Crippen molar-refractivity contribution in [3.63, 3.8) is 0 Å². The van der Waals surface area contributed by atoms with E-state index in [9.17, 15) is 8.78 Å². The molecule has 0 aliphatic rings. The van der Waals surface area contributed by atoms with Crippen LogP contribution >= 0.6 is 31.9 Å². The molecular weight excluding hydrogens is 372 g/mol. The molecule has 7 heteroatoms. The van der Waals surface area contributed by atoms with Gasteiger partial charge in [0, 0.05) is 18.8 Å². The summed E-state index contributed by atoms with van der Waals surface area (Å²) in [5, 5.41) is 2.87. The first-order chi connectivity index (χ1) is 8.54. The highest BCUT2D eigenvalue weighted by atomic mass is 79.9. The summed E-state index contributed by atoms with van der Waals surface area (Å²) in [5.41, 5.74) is 0.387. The van der Waals surface area contributed by atoms with Crippen LogP contribution in [0.4, 0.5) is 14.6 Å². The van der Waals surface area contributed by atoms with E-state index in [0.29, 0.717) is 21.7 Å². The highest BCUT2D eigenvalue weighted by molar-refractivity contribution is 9.11. The van der Waals surface area contributed by atoms with Gasteiger partial charge in [0.15, 0.2) is 17.5 Å². The number of aromatic nitrogens is 2. The second-order valence-electron chi connectivity index (χ2n) is 3.36. The zero-order valence-corrected chi connectivity index (χ0v) is 12.3. The second kappa shape index (κ2) is 5.27. The summed E-state index contributed by atoms with van der Waals surface area (Å²) in [6, 6.07) is 2.46. The van der Waals surface area contributed by atoms with Crippen LogP contribution in [0.3, 0.4) is 0 Å². The molecule has 1 N–H and O–H groups in total. The van der Waals surface area contributed by atoms with Crippen LogP contribution in [0.15, 0.2) is 27.3 Å². The van der Waals surface area contributed by atoms with E-state index in [1.807, 2.05) is 0 Å². The number of anilines is 1. The molecule has 0 fully saturated rings. The van der Waals surface area contributed by atoms with Gasteiger partial charge in [0.05, 0.1) is 8.95 Å². The summed E-state index contributed by atoms with van der Waals surface area (Å²) in [7, 11) is 1.71. The number of hydrogen-bond acceptors (Lipinski definition) is 3. The van der Waals surface area contributed by atoms with Crippen molar-refractivity contribution in [3.8, 4) is 11.4 Å². The Morgan fingerprint density at radius 2 is 1.94 bits per heavy atom. The molecule has 0 amide bonds. The summed E-state index contributed by atoms with van der Waals surface area (Å²) in [6.07, 6.45) is 1.54. The number of nitrogens with zero attached hydrogens (tertiary/aromatic N) is 2. The molecule has 94 valence electrons. The largest absolute Gasteiger partial charge is 0.372 e. The minimum atomic E-state index is -0.954. The molecule has 0 bridgehead atoms. The summed E-state index contributed by atoms with van der Waals surface area (Å²) in [5.74, 6) is -1.01. The molecule has 3 nitrogen and oxygen atoms in total. The van der Waals surface area contributed by atoms with Gasteiger partial charge in [-0.3, -0.25) is 0 Å². The molecule has 0 radical (unpaired) electrons. The van der Waals surface area contributed by atoms with Gasteiger partial charge in [-0.05, 0) is 44.0 Å². The van der Waals surface area contributed by atoms with E-state index in [-0.39, 0.29) is 4.47 Å². The van der Waals surface area contributed by atoms with Crippen LogP contribution in [0.2, 0.25) is 0 Å². The van der Waals surface area contributed by atoms with Crippen molar-refractivity contribution in [3.05, 3.63) is 38.9 Å². The van der Waals surface area contributed by atoms with Crippen LogP contribution in [0.5, 0.6) is 0 Å². The van der Waals surface area contributed by atoms with Crippen molar-refractivity contribution in [1.82, 2.24) is 9.97 Å². The average Bonchev–Trinajstić information content (AvgIpc) is 2.37. The summed E-state index contributed by atoms with van der Waals surface area (Å²) < 4.78 is 27.1. The fourth-order valence-electron chi connectivity index (χ4n) is 1.37. The fraction of sp³-hybridized carbons (Fsp3) is 0.0909. The van der Waals surface area contributed by atoms with Crippen LogP contribution in [-0.4, -0.2) is 17.0 Å². The van der Waals surface area contributed by atoms with Gasteiger partial charge in [0.25, 0.3) is 0 Å². The lowest BCUT2D eigenvalue weighted by atomic mass is 10.2. The molecule has 1 aromatic carbocycles. The third kappa shape index (κ3) is 2.37. The van der Waals surface area contributed by atoms with Crippen molar-refractivity contribution in [2.45, 2.75) is 0 Å². The van der Waals surface area contributed by atoms with E-state index in [0.717, 1.165) is 6.07 Å². The van der Waals surface area contributed by atoms with Crippen LogP contribution in [0.25, 0.3) is 11.4 Å². The van der Waals surface area contributed by atoms with Gasteiger partial charge in [0.1, 0.15) is 5.82 Å². The average molecular weight is 379 g/mol. The molecule has 0 spiro atoms. The third-order valence-electron chi connectivity index (χ3n) is 2.26. The predicted molar refractivity (Wildman–Crippen MR) is 72.3 cm³/mol. The summed E-state index contributed by atoms with van der Waals surface area (Å²) in [6.45, 7) is 0. The van der Waals surface area contributed by atoms with Gasteiger partial charge in [-0.25, -0.2) is 18.7 Å². The first-order valence-corrected chi connectivity index (χ1v) is 6.47. The maximum atomic E-state index is 13.4. The first kappa shape index (κ1) is 13.4. The standard InChI is InChI=1S/C11H7Br2F2N3/c1-16-11-6(12)4-17-10(18-11)5-2-3-7(14)9(15)8(5)13/h2-4H,1H3,(H,16,17,18). The minimum absolute atomic E-state index is 0.00637. The molecule has 2 rings (SSSR count). The van der Waals surface area contributed by atoms with Gasteiger partial charge in [0.2, 0.25) is 0 Å². The van der Waals surface area contributed by atoms with Gasteiger partial charge >= 0.3 is 0 Å². The molecule has 0 aliphatic carbocycles. The third-order valence-corrected chi connectivity index (χ3v) is 3.61. The zero-order valence-electron chi connectivity index (χ0n) is 9.14. The van der Waals surface area contributed by atoms with E-state index in [1.165, 1.54) is 6.07 Å². The highest BCUT2D eigenvalue weighted by Gasteiger charge is 2.15. The van der Waals surface area contributed by atoms with Crippen LogP contribution in [-0.2, 0) is 0 Å². The van der Waals surface area contributed by atoms with Gasteiger partial charge in [-0.15, -0.1) is 0 Å². The summed E-state index contributed by atoms with van der Waals surface area (Å²) in [4.78, 5) is 8.28. The minimum Gasteiger partial charge on any atom is -0.372 e. The molecule has 0 aliphatic heterocycles. The first-order valence-electron chi connectivity index (χ1n) is 4.88. The smallest absolute Gasteiger partial charge is 0.173 e. The van der Waals surface area contributed by atoms with Gasteiger partial charge < -0.3 is 5.32 Å². The number of hydrogen-bond donors (Lipinski definition) is 1. The van der Waals surface area contributed by atoms with Crippen LogP contribution in [0.1, 0.15) is 0 Å². The van der Waals surface area contributed by atoms with E-state index >= 15 is 0 Å². The molecule has 0 unspecified atom stereocenters. The molecule has 2 aromatic rings. The Labute approximate surface area is 119 Å². The molecular formula is C11H7Br2F2N3. The van der Waals surface area contributed by atoms with Crippen molar-refractivity contribution in [1.29, 1.82) is 0 Å². The lowest BCUT2D eigenvalue weighted by molar-refractivity contribution is 0.504. The van der Waals surface area contributed by atoms with E-state index in [2.05, 4.69) is 47.1 Å². The van der Waals surface area contributed by atoms with E-state index < -0.39 is 11.6 Å². The maximum absolute atomic E-state index is 13.4. The van der Waals surface area contributed by atoms with Crippen molar-refractivity contribution in [2.24, 2.45) is 0 Å². The normalized spacial score (nSPS) is 10.5. The lowest BCUT2D eigenvalue weighted by Crippen LogP contribution is -1.99.